The predicted octanol–water partition coefficient (Wildman–Crippen LogP) is 2.84. The third kappa shape index (κ3) is 2.41. The van der Waals surface area contributed by atoms with Crippen LogP contribution < -0.4 is 5.32 Å². The topological polar surface area (TPSA) is 49.3 Å². The first kappa shape index (κ1) is 11.7. The third-order valence-corrected chi connectivity index (χ3v) is 4.29. The van der Waals surface area contributed by atoms with Crippen molar-refractivity contribution in [2.75, 3.05) is 6.54 Å². The molecule has 0 radical (unpaired) electrons. The standard InChI is InChI=1S/C15H19NO2/c17-15(18)12-5-3-11(4-6-12)14-9-13(7-8-16-14)10-1-2-10/h3-6,10,13-14,16H,1-2,7-9H2,(H,17,18)/t13-,14+/m1/s1. The Bertz CT molecular complexity index is 436. The molecule has 0 amide bonds. The van der Waals surface area contributed by atoms with Crippen LogP contribution in [-0.4, -0.2) is 17.6 Å². The minimum Gasteiger partial charge on any atom is -0.478 e. The number of aromatic carboxylic acids is 1. The van der Waals surface area contributed by atoms with Crippen molar-refractivity contribution in [2.24, 2.45) is 11.8 Å². The lowest BCUT2D eigenvalue weighted by Gasteiger charge is -2.30. The van der Waals surface area contributed by atoms with E-state index in [-0.39, 0.29) is 0 Å². The van der Waals surface area contributed by atoms with Crippen LogP contribution in [0.3, 0.4) is 0 Å². The van der Waals surface area contributed by atoms with E-state index in [0.29, 0.717) is 11.6 Å². The molecule has 0 unspecified atom stereocenters. The lowest BCUT2D eigenvalue weighted by Crippen LogP contribution is -2.32. The monoisotopic (exact) mass is 245 g/mol. The number of piperidine rings is 1. The Kier molecular flexibility index (Phi) is 3.08. The van der Waals surface area contributed by atoms with Gasteiger partial charge in [0.1, 0.15) is 0 Å². The van der Waals surface area contributed by atoms with Crippen molar-refractivity contribution >= 4 is 5.97 Å². The zero-order valence-electron chi connectivity index (χ0n) is 10.4. The highest BCUT2D eigenvalue weighted by Crippen LogP contribution is 2.44. The second kappa shape index (κ2) is 4.73. The molecule has 0 spiro atoms. The molecule has 2 N–H and O–H groups in total. The van der Waals surface area contributed by atoms with Crippen LogP contribution in [0.25, 0.3) is 0 Å². The average molecular weight is 245 g/mol. The zero-order chi connectivity index (χ0) is 12.5. The van der Waals surface area contributed by atoms with Gasteiger partial charge >= 0.3 is 5.97 Å². The summed E-state index contributed by atoms with van der Waals surface area (Å²) in [5, 5.41) is 12.4. The number of carboxylic acid groups (broad SMARTS) is 1. The SMILES string of the molecule is O=C(O)c1ccc([C@@H]2C[C@H](C3CC3)CCN2)cc1. The highest BCUT2D eigenvalue weighted by Gasteiger charge is 2.34. The Morgan fingerprint density at radius 2 is 1.83 bits per heavy atom. The Morgan fingerprint density at radius 1 is 1.11 bits per heavy atom. The molecule has 1 aliphatic heterocycles. The lowest BCUT2D eigenvalue weighted by atomic mass is 9.85. The van der Waals surface area contributed by atoms with Gasteiger partial charge in [0, 0.05) is 6.04 Å². The second-order valence-corrected chi connectivity index (χ2v) is 5.56. The normalized spacial score (nSPS) is 28.0. The van der Waals surface area contributed by atoms with Crippen LogP contribution in [-0.2, 0) is 0 Å². The number of rotatable bonds is 3. The molecule has 2 aliphatic rings. The minimum atomic E-state index is -0.853. The van der Waals surface area contributed by atoms with E-state index in [1.54, 1.807) is 12.1 Å². The number of nitrogens with one attached hydrogen (secondary N) is 1. The van der Waals surface area contributed by atoms with Gasteiger partial charge in [0.15, 0.2) is 0 Å². The molecular formula is C15H19NO2. The van der Waals surface area contributed by atoms with Crippen LogP contribution in [0.2, 0.25) is 0 Å². The first-order valence-corrected chi connectivity index (χ1v) is 6.80. The Hall–Kier alpha value is -1.35. The van der Waals surface area contributed by atoms with Crippen LogP contribution in [0.4, 0.5) is 0 Å². The molecule has 1 saturated heterocycles. The van der Waals surface area contributed by atoms with Crippen LogP contribution in [0.1, 0.15) is 47.6 Å². The summed E-state index contributed by atoms with van der Waals surface area (Å²) in [6.07, 6.45) is 5.33. The van der Waals surface area contributed by atoms with Gasteiger partial charge in [0.2, 0.25) is 0 Å². The summed E-state index contributed by atoms with van der Waals surface area (Å²) in [5.41, 5.74) is 1.60. The predicted molar refractivity (Wildman–Crippen MR) is 69.6 cm³/mol. The van der Waals surface area contributed by atoms with Gasteiger partial charge in [0.25, 0.3) is 0 Å². The molecule has 18 heavy (non-hydrogen) atoms. The van der Waals surface area contributed by atoms with Crippen LogP contribution in [0, 0.1) is 11.8 Å². The van der Waals surface area contributed by atoms with Gasteiger partial charge in [0.05, 0.1) is 5.56 Å². The summed E-state index contributed by atoms with van der Waals surface area (Å²) in [7, 11) is 0. The molecule has 0 aromatic heterocycles. The molecule has 3 rings (SSSR count). The highest BCUT2D eigenvalue weighted by atomic mass is 16.4. The summed E-state index contributed by atoms with van der Waals surface area (Å²) < 4.78 is 0. The van der Waals surface area contributed by atoms with Gasteiger partial charge in [-0.1, -0.05) is 12.1 Å². The molecule has 1 aromatic rings. The number of carbonyl (C=O) groups is 1. The summed E-state index contributed by atoms with van der Waals surface area (Å²) in [6.45, 7) is 1.09. The molecule has 1 heterocycles. The number of hydrogen-bond acceptors (Lipinski definition) is 2. The number of hydrogen-bond donors (Lipinski definition) is 2. The van der Waals surface area contributed by atoms with E-state index in [1.807, 2.05) is 12.1 Å². The van der Waals surface area contributed by atoms with Crippen molar-refractivity contribution in [3.63, 3.8) is 0 Å². The van der Waals surface area contributed by atoms with Crippen LogP contribution in [0.5, 0.6) is 0 Å². The Morgan fingerprint density at radius 3 is 2.44 bits per heavy atom. The van der Waals surface area contributed by atoms with Crippen molar-refractivity contribution in [1.29, 1.82) is 0 Å². The van der Waals surface area contributed by atoms with Gasteiger partial charge in [-0.15, -0.1) is 0 Å². The van der Waals surface area contributed by atoms with Crippen molar-refractivity contribution in [2.45, 2.75) is 31.7 Å². The van der Waals surface area contributed by atoms with Crippen molar-refractivity contribution in [1.82, 2.24) is 5.32 Å². The zero-order valence-corrected chi connectivity index (χ0v) is 10.4. The van der Waals surface area contributed by atoms with Gasteiger partial charge in [-0.25, -0.2) is 4.79 Å². The first-order valence-electron chi connectivity index (χ1n) is 6.80. The molecule has 1 saturated carbocycles. The van der Waals surface area contributed by atoms with E-state index in [2.05, 4.69) is 5.32 Å². The lowest BCUT2D eigenvalue weighted by molar-refractivity contribution is 0.0697. The molecule has 1 aliphatic carbocycles. The summed E-state index contributed by atoms with van der Waals surface area (Å²) >= 11 is 0. The summed E-state index contributed by atoms with van der Waals surface area (Å²) in [5.74, 6) is 0.984. The molecule has 96 valence electrons. The van der Waals surface area contributed by atoms with E-state index in [0.717, 1.165) is 18.4 Å². The molecule has 0 bridgehead atoms. The van der Waals surface area contributed by atoms with Gasteiger partial charge in [-0.05, 0) is 61.8 Å². The summed E-state index contributed by atoms with van der Waals surface area (Å²) in [6, 6.07) is 7.74. The summed E-state index contributed by atoms with van der Waals surface area (Å²) in [4.78, 5) is 10.8. The van der Waals surface area contributed by atoms with Crippen molar-refractivity contribution in [3.05, 3.63) is 35.4 Å². The van der Waals surface area contributed by atoms with E-state index >= 15 is 0 Å². The third-order valence-electron chi connectivity index (χ3n) is 4.29. The quantitative estimate of drug-likeness (QED) is 0.861. The van der Waals surface area contributed by atoms with E-state index in [9.17, 15) is 4.79 Å². The Labute approximate surface area is 107 Å². The first-order chi connectivity index (χ1) is 8.74. The molecule has 2 fully saturated rings. The fourth-order valence-electron chi connectivity index (χ4n) is 3.05. The molecular weight excluding hydrogens is 226 g/mol. The average Bonchev–Trinajstić information content (AvgIpc) is 3.23. The Balaban J connectivity index is 1.71. The van der Waals surface area contributed by atoms with Crippen molar-refractivity contribution in [3.8, 4) is 0 Å². The van der Waals surface area contributed by atoms with Gasteiger partial charge in [-0.3, -0.25) is 0 Å². The van der Waals surface area contributed by atoms with E-state index in [1.165, 1.54) is 31.2 Å². The number of benzene rings is 1. The smallest absolute Gasteiger partial charge is 0.335 e. The van der Waals surface area contributed by atoms with Gasteiger partial charge in [-0.2, -0.15) is 0 Å². The molecule has 3 heteroatoms. The molecule has 3 nitrogen and oxygen atoms in total. The largest absolute Gasteiger partial charge is 0.478 e. The second-order valence-electron chi connectivity index (χ2n) is 5.56. The number of carboxylic acids is 1. The maximum atomic E-state index is 10.8. The highest BCUT2D eigenvalue weighted by molar-refractivity contribution is 5.87. The molecule has 2 atom stereocenters. The fraction of sp³-hybridized carbons (Fsp3) is 0.533. The molecule has 1 aromatic carbocycles. The van der Waals surface area contributed by atoms with E-state index < -0.39 is 5.97 Å². The maximum absolute atomic E-state index is 10.8. The minimum absolute atomic E-state index is 0.369. The maximum Gasteiger partial charge on any atom is 0.335 e. The van der Waals surface area contributed by atoms with Crippen molar-refractivity contribution < 1.29 is 9.90 Å². The van der Waals surface area contributed by atoms with Crippen LogP contribution in [0.15, 0.2) is 24.3 Å². The van der Waals surface area contributed by atoms with Gasteiger partial charge < -0.3 is 10.4 Å². The van der Waals surface area contributed by atoms with E-state index in [4.69, 9.17) is 5.11 Å². The van der Waals surface area contributed by atoms with Crippen LogP contribution >= 0.6 is 0 Å². The fourth-order valence-corrected chi connectivity index (χ4v) is 3.05.